The largest absolute Gasteiger partial charge is 0.369 e. The molecule has 1 aromatic rings. The Bertz CT molecular complexity index is 746. The summed E-state index contributed by atoms with van der Waals surface area (Å²) in [5, 5.41) is 0. The lowest BCUT2D eigenvalue weighted by atomic mass is 10.1. The van der Waals surface area contributed by atoms with Crippen LogP contribution in [0.25, 0.3) is 0 Å². The van der Waals surface area contributed by atoms with Gasteiger partial charge in [-0.1, -0.05) is 6.92 Å². The van der Waals surface area contributed by atoms with Gasteiger partial charge in [0.15, 0.2) is 19.7 Å². The van der Waals surface area contributed by atoms with Crippen molar-refractivity contribution >= 4 is 25.4 Å². The lowest BCUT2D eigenvalue weighted by molar-refractivity contribution is 0.566. The summed E-state index contributed by atoms with van der Waals surface area (Å²) >= 11 is 0. The SMILES string of the molecule is CC1CN(c2ccc(S(C)(=O)=O)cc2S(C)(=O)=O)CC1N. The van der Waals surface area contributed by atoms with Gasteiger partial charge < -0.3 is 10.6 Å². The Morgan fingerprint density at radius 1 is 1.10 bits per heavy atom. The molecule has 1 aliphatic heterocycles. The predicted molar refractivity (Wildman–Crippen MR) is 82.0 cm³/mol. The third-order valence-corrected chi connectivity index (χ3v) is 6.01. The van der Waals surface area contributed by atoms with E-state index in [1.54, 1.807) is 6.07 Å². The highest BCUT2D eigenvalue weighted by Crippen LogP contribution is 2.31. The van der Waals surface area contributed by atoms with Gasteiger partial charge in [-0.3, -0.25) is 0 Å². The van der Waals surface area contributed by atoms with Crippen molar-refractivity contribution in [2.75, 3.05) is 30.5 Å². The average molecular weight is 332 g/mol. The number of nitrogens with zero attached hydrogens (tertiary/aromatic N) is 1. The Kier molecular flexibility index (Phi) is 4.07. The van der Waals surface area contributed by atoms with Crippen molar-refractivity contribution in [3.63, 3.8) is 0 Å². The molecule has 0 aliphatic carbocycles. The van der Waals surface area contributed by atoms with Crippen LogP contribution in [0.15, 0.2) is 28.0 Å². The molecule has 1 aromatic carbocycles. The molecule has 6 nitrogen and oxygen atoms in total. The van der Waals surface area contributed by atoms with Gasteiger partial charge in [0, 0.05) is 31.6 Å². The molecule has 0 bridgehead atoms. The molecule has 0 amide bonds. The van der Waals surface area contributed by atoms with E-state index in [1.807, 2.05) is 11.8 Å². The first kappa shape index (κ1) is 16.3. The highest BCUT2D eigenvalue weighted by molar-refractivity contribution is 7.91. The van der Waals surface area contributed by atoms with Crippen LogP contribution in [0.1, 0.15) is 6.92 Å². The second-order valence-corrected chi connectivity index (χ2v) is 9.72. The van der Waals surface area contributed by atoms with Gasteiger partial charge in [0.2, 0.25) is 0 Å². The van der Waals surface area contributed by atoms with Crippen LogP contribution < -0.4 is 10.6 Å². The van der Waals surface area contributed by atoms with Gasteiger partial charge in [-0.2, -0.15) is 0 Å². The van der Waals surface area contributed by atoms with E-state index in [0.717, 1.165) is 12.5 Å². The van der Waals surface area contributed by atoms with Crippen LogP contribution in [0, 0.1) is 5.92 Å². The van der Waals surface area contributed by atoms with Crippen LogP contribution >= 0.6 is 0 Å². The zero-order valence-electron chi connectivity index (χ0n) is 12.3. The zero-order chi connectivity index (χ0) is 16.0. The van der Waals surface area contributed by atoms with E-state index in [9.17, 15) is 16.8 Å². The molecule has 0 aromatic heterocycles. The van der Waals surface area contributed by atoms with Crippen molar-refractivity contribution in [1.82, 2.24) is 0 Å². The first-order valence-electron chi connectivity index (χ1n) is 6.55. The number of sulfone groups is 2. The van der Waals surface area contributed by atoms with Crippen LogP contribution in [0.3, 0.4) is 0 Å². The summed E-state index contributed by atoms with van der Waals surface area (Å²) in [6.45, 7) is 3.22. The molecule has 1 heterocycles. The van der Waals surface area contributed by atoms with E-state index < -0.39 is 19.7 Å². The topological polar surface area (TPSA) is 97.5 Å². The number of hydrogen-bond acceptors (Lipinski definition) is 6. The summed E-state index contributed by atoms with van der Waals surface area (Å²) in [6, 6.07) is 4.20. The van der Waals surface area contributed by atoms with Crippen molar-refractivity contribution in [2.45, 2.75) is 22.8 Å². The fourth-order valence-electron chi connectivity index (χ4n) is 2.47. The van der Waals surface area contributed by atoms with Gasteiger partial charge in [0.05, 0.1) is 15.5 Å². The Hall–Kier alpha value is -1.12. The minimum atomic E-state index is -3.54. The Labute approximate surface area is 125 Å². The Morgan fingerprint density at radius 3 is 2.14 bits per heavy atom. The van der Waals surface area contributed by atoms with Crippen LogP contribution in [-0.4, -0.2) is 48.5 Å². The molecule has 118 valence electrons. The number of hydrogen-bond donors (Lipinski definition) is 1. The van der Waals surface area contributed by atoms with E-state index in [4.69, 9.17) is 5.73 Å². The molecule has 0 spiro atoms. The third kappa shape index (κ3) is 3.38. The molecule has 1 aliphatic rings. The number of rotatable bonds is 3. The average Bonchev–Trinajstić information content (AvgIpc) is 2.66. The lowest BCUT2D eigenvalue weighted by Gasteiger charge is -2.21. The van der Waals surface area contributed by atoms with Crippen molar-refractivity contribution < 1.29 is 16.8 Å². The summed E-state index contributed by atoms with van der Waals surface area (Å²) in [6.07, 6.45) is 2.14. The standard InChI is InChI=1S/C13H20N2O4S2/c1-9-7-15(8-11(9)14)12-5-4-10(20(2,16)17)6-13(12)21(3,18)19/h4-6,9,11H,7-8,14H2,1-3H3. The van der Waals surface area contributed by atoms with E-state index in [2.05, 4.69) is 0 Å². The fourth-order valence-corrected chi connectivity index (χ4v) is 4.11. The maximum atomic E-state index is 12.0. The maximum absolute atomic E-state index is 12.0. The van der Waals surface area contributed by atoms with Gasteiger partial charge >= 0.3 is 0 Å². The highest BCUT2D eigenvalue weighted by atomic mass is 32.2. The Balaban J connectivity index is 2.57. The van der Waals surface area contributed by atoms with Gasteiger partial charge in [0.25, 0.3) is 0 Å². The predicted octanol–water partition coefficient (Wildman–Crippen LogP) is 0.277. The van der Waals surface area contributed by atoms with Crippen molar-refractivity contribution in [3.05, 3.63) is 18.2 Å². The molecule has 21 heavy (non-hydrogen) atoms. The molecular formula is C13H20N2O4S2. The normalized spacial score (nSPS) is 23.5. The maximum Gasteiger partial charge on any atom is 0.177 e. The van der Waals surface area contributed by atoms with E-state index in [1.165, 1.54) is 12.1 Å². The summed E-state index contributed by atoms with van der Waals surface area (Å²) in [7, 11) is -6.99. The third-order valence-electron chi connectivity index (χ3n) is 3.77. The Morgan fingerprint density at radius 2 is 1.71 bits per heavy atom. The van der Waals surface area contributed by atoms with E-state index in [-0.39, 0.29) is 21.8 Å². The molecule has 2 atom stereocenters. The number of anilines is 1. The van der Waals surface area contributed by atoms with Crippen molar-refractivity contribution in [1.29, 1.82) is 0 Å². The summed E-state index contributed by atoms with van der Waals surface area (Å²) in [5.74, 6) is 0.256. The van der Waals surface area contributed by atoms with Gasteiger partial charge in [-0.15, -0.1) is 0 Å². The first-order chi connectivity index (χ1) is 9.50. The lowest BCUT2D eigenvalue weighted by Crippen LogP contribution is -2.29. The van der Waals surface area contributed by atoms with Crippen LogP contribution in [0.5, 0.6) is 0 Å². The molecule has 2 unspecified atom stereocenters. The molecule has 1 saturated heterocycles. The fraction of sp³-hybridized carbons (Fsp3) is 0.538. The summed E-state index contributed by atoms with van der Waals surface area (Å²) in [4.78, 5) is 1.94. The molecule has 0 saturated carbocycles. The van der Waals surface area contributed by atoms with Crippen LogP contribution in [0.4, 0.5) is 5.69 Å². The van der Waals surface area contributed by atoms with Gasteiger partial charge in [-0.05, 0) is 24.1 Å². The second-order valence-electron chi connectivity index (χ2n) is 5.72. The molecule has 1 fully saturated rings. The monoisotopic (exact) mass is 332 g/mol. The van der Waals surface area contributed by atoms with Crippen molar-refractivity contribution in [3.8, 4) is 0 Å². The van der Waals surface area contributed by atoms with Gasteiger partial charge in [-0.25, -0.2) is 16.8 Å². The van der Waals surface area contributed by atoms with Gasteiger partial charge in [0.1, 0.15) is 0 Å². The quantitative estimate of drug-likeness (QED) is 0.854. The summed E-state index contributed by atoms with van der Waals surface area (Å²) in [5.41, 5.74) is 6.50. The van der Waals surface area contributed by atoms with E-state index >= 15 is 0 Å². The number of nitrogens with two attached hydrogens (primary N) is 1. The smallest absolute Gasteiger partial charge is 0.177 e. The molecule has 0 radical (unpaired) electrons. The molecule has 2 N–H and O–H groups in total. The first-order valence-corrected chi connectivity index (χ1v) is 10.3. The highest BCUT2D eigenvalue weighted by Gasteiger charge is 2.30. The molecule has 8 heteroatoms. The zero-order valence-corrected chi connectivity index (χ0v) is 13.9. The van der Waals surface area contributed by atoms with Crippen LogP contribution in [-0.2, 0) is 19.7 Å². The van der Waals surface area contributed by atoms with Crippen LogP contribution in [0.2, 0.25) is 0 Å². The number of benzene rings is 1. The minimum Gasteiger partial charge on any atom is -0.369 e. The molecular weight excluding hydrogens is 312 g/mol. The van der Waals surface area contributed by atoms with E-state index in [0.29, 0.717) is 18.8 Å². The second kappa shape index (κ2) is 5.26. The van der Waals surface area contributed by atoms with Crippen molar-refractivity contribution in [2.24, 2.45) is 11.7 Å². The summed E-state index contributed by atoms with van der Waals surface area (Å²) < 4.78 is 47.2. The minimum absolute atomic E-state index is 0.00298. The molecule has 2 rings (SSSR count).